The molecule has 2 aromatic rings. The Bertz CT molecular complexity index is 713. The van der Waals surface area contributed by atoms with Gasteiger partial charge in [-0.25, -0.2) is 13.6 Å². The second-order valence-electron chi connectivity index (χ2n) is 4.67. The molecular weight excluding hydrogens is 294 g/mol. The van der Waals surface area contributed by atoms with Crippen molar-refractivity contribution in [3.63, 3.8) is 0 Å². The van der Waals surface area contributed by atoms with Crippen LogP contribution in [-0.4, -0.2) is 22.5 Å². The van der Waals surface area contributed by atoms with Crippen molar-refractivity contribution in [1.29, 1.82) is 0 Å². The Morgan fingerprint density at radius 2 is 1.95 bits per heavy atom. The number of nitrogens with zero attached hydrogens (tertiary/aromatic N) is 1. The summed E-state index contributed by atoms with van der Waals surface area (Å²) in [4.78, 5) is 23.7. The van der Waals surface area contributed by atoms with E-state index in [9.17, 15) is 18.4 Å². The quantitative estimate of drug-likeness (QED) is 0.883. The highest BCUT2D eigenvalue weighted by atomic mass is 19.2. The van der Waals surface area contributed by atoms with Crippen LogP contribution in [0.2, 0.25) is 0 Å². The molecule has 1 heterocycles. The van der Waals surface area contributed by atoms with Gasteiger partial charge < -0.3 is 14.6 Å². The molecule has 0 bridgehead atoms. The predicted molar refractivity (Wildman–Crippen MR) is 75.3 cm³/mol. The van der Waals surface area contributed by atoms with E-state index in [1.54, 1.807) is 29.9 Å². The van der Waals surface area contributed by atoms with Crippen LogP contribution in [0.25, 0.3) is 0 Å². The summed E-state index contributed by atoms with van der Waals surface area (Å²) in [5.41, 5.74) is 0.373. The van der Waals surface area contributed by atoms with Crippen LogP contribution in [0.5, 0.6) is 0 Å². The summed E-state index contributed by atoms with van der Waals surface area (Å²) in [5.74, 6) is -3.39. The van der Waals surface area contributed by atoms with Crippen LogP contribution in [0.1, 0.15) is 17.4 Å². The Morgan fingerprint density at radius 1 is 1.23 bits per heavy atom. The monoisotopic (exact) mass is 308 g/mol. The molecule has 0 saturated heterocycles. The predicted octanol–water partition coefficient (Wildman–Crippen LogP) is 2.49. The van der Waals surface area contributed by atoms with E-state index >= 15 is 0 Å². The molecule has 5 nitrogen and oxygen atoms in total. The minimum atomic E-state index is -1.09. The van der Waals surface area contributed by atoms with Gasteiger partial charge in [-0.3, -0.25) is 4.79 Å². The lowest BCUT2D eigenvalue weighted by atomic mass is 10.2. The summed E-state index contributed by atoms with van der Waals surface area (Å²) in [7, 11) is 1.67. The van der Waals surface area contributed by atoms with E-state index in [1.807, 2.05) is 0 Å². The number of aryl methyl sites for hydroxylation is 1. The smallest absolute Gasteiger partial charge is 0.355 e. The molecule has 7 heteroatoms. The first-order valence-corrected chi connectivity index (χ1v) is 6.46. The van der Waals surface area contributed by atoms with Gasteiger partial charge in [0.25, 0.3) is 5.91 Å². The molecule has 2 rings (SSSR count). The van der Waals surface area contributed by atoms with E-state index < -0.39 is 29.6 Å². The number of ether oxygens (including phenoxy) is 1. The van der Waals surface area contributed by atoms with E-state index in [0.29, 0.717) is 5.69 Å². The van der Waals surface area contributed by atoms with Crippen LogP contribution in [0.4, 0.5) is 14.5 Å². The summed E-state index contributed by atoms with van der Waals surface area (Å²) >= 11 is 0. The third-order valence-corrected chi connectivity index (χ3v) is 2.99. The topological polar surface area (TPSA) is 60.3 Å². The number of rotatable bonds is 4. The van der Waals surface area contributed by atoms with Crippen molar-refractivity contribution in [2.24, 2.45) is 7.05 Å². The van der Waals surface area contributed by atoms with Gasteiger partial charge in [-0.1, -0.05) is 0 Å². The van der Waals surface area contributed by atoms with Gasteiger partial charge in [0.05, 0.1) is 0 Å². The summed E-state index contributed by atoms with van der Waals surface area (Å²) < 4.78 is 32.4. The van der Waals surface area contributed by atoms with Crippen LogP contribution in [0.15, 0.2) is 36.5 Å². The molecule has 116 valence electrons. The van der Waals surface area contributed by atoms with Crippen LogP contribution in [0, 0.1) is 11.6 Å². The molecule has 0 aliphatic rings. The van der Waals surface area contributed by atoms with Gasteiger partial charge in [0.1, 0.15) is 5.69 Å². The molecule has 0 radical (unpaired) electrons. The third-order valence-electron chi connectivity index (χ3n) is 2.99. The van der Waals surface area contributed by atoms with Crippen LogP contribution < -0.4 is 5.32 Å². The van der Waals surface area contributed by atoms with E-state index in [4.69, 9.17) is 4.74 Å². The highest BCUT2D eigenvalue weighted by Gasteiger charge is 2.20. The van der Waals surface area contributed by atoms with Crippen molar-refractivity contribution >= 4 is 17.6 Å². The molecule has 1 aromatic heterocycles. The van der Waals surface area contributed by atoms with Gasteiger partial charge >= 0.3 is 5.97 Å². The average Bonchev–Trinajstić information content (AvgIpc) is 2.89. The van der Waals surface area contributed by atoms with E-state index in [0.717, 1.165) is 12.1 Å². The van der Waals surface area contributed by atoms with Crippen molar-refractivity contribution in [2.45, 2.75) is 13.0 Å². The molecule has 22 heavy (non-hydrogen) atoms. The number of aromatic nitrogens is 1. The van der Waals surface area contributed by atoms with Crippen molar-refractivity contribution in [3.8, 4) is 0 Å². The lowest BCUT2D eigenvalue weighted by Gasteiger charge is -2.14. The van der Waals surface area contributed by atoms with Crippen molar-refractivity contribution < 1.29 is 23.1 Å². The number of carbonyl (C=O) groups is 2. The minimum Gasteiger partial charge on any atom is -0.448 e. The Kier molecular flexibility index (Phi) is 4.55. The molecular formula is C15H14F2N2O3. The van der Waals surface area contributed by atoms with E-state index in [-0.39, 0.29) is 5.69 Å². The normalized spacial score (nSPS) is 11.8. The standard InChI is InChI=1S/C15H14F2N2O3/c1-9(22-15(21)13-4-3-7-19(13)2)14(20)18-10-5-6-11(16)12(17)8-10/h3-9H,1-2H3,(H,18,20)/t9-/m0/s1. The van der Waals surface area contributed by atoms with Gasteiger partial charge in [0.2, 0.25) is 0 Å². The summed E-state index contributed by atoms with van der Waals surface area (Å²) in [6, 6.07) is 6.18. The van der Waals surface area contributed by atoms with Gasteiger partial charge in [-0.2, -0.15) is 0 Å². The Hall–Kier alpha value is -2.70. The van der Waals surface area contributed by atoms with Crippen molar-refractivity contribution in [1.82, 2.24) is 4.57 Å². The van der Waals surface area contributed by atoms with Crippen LogP contribution in [-0.2, 0) is 16.6 Å². The molecule has 0 saturated carbocycles. The first-order valence-electron chi connectivity index (χ1n) is 6.46. The van der Waals surface area contributed by atoms with Crippen LogP contribution >= 0.6 is 0 Å². The second kappa shape index (κ2) is 6.38. The van der Waals surface area contributed by atoms with Gasteiger partial charge in [0.15, 0.2) is 17.7 Å². The van der Waals surface area contributed by atoms with Crippen LogP contribution in [0.3, 0.4) is 0 Å². The lowest BCUT2D eigenvalue weighted by molar-refractivity contribution is -0.123. The zero-order chi connectivity index (χ0) is 16.3. The molecule has 1 amide bonds. The molecule has 1 aromatic carbocycles. The number of carbonyl (C=O) groups excluding carboxylic acids is 2. The number of esters is 1. The maximum atomic E-state index is 13.1. The summed E-state index contributed by atoms with van der Waals surface area (Å²) in [6.45, 7) is 1.38. The first-order chi connectivity index (χ1) is 10.4. The van der Waals surface area contributed by atoms with Gasteiger partial charge in [-0.15, -0.1) is 0 Å². The fourth-order valence-corrected chi connectivity index (χ4v) is 1.77. The lowest BCUT2D eigenvalue weighted by Crippen LogP contribution is -2.30. The first kappa shape index (κ1) is 15.7. The van der Waals surface area contributed by atoms with Gasteiger partial charge in [-0.05, 0) is 31.2 Å². The third kappa shape index (κ3) is 3.49. The number of amides is 1. The number of nitrogens with one attached hydrogen (secondary N) is 1. The maximum Gasteiger partial charge on any atom is 0.355 e. The minimum absolute atomic E-state index is 0.0747. The zero-order valence-corrected chi connectivity index (χ0v) is 12.0. The average molecular weight is 308 g/mol. The highest BCUT2D eigenvalue weighted by molar-refractivity contribution is 5.96. The van der Waals surface area contributed by atoms with E-state index in [2.05, 4.69) is 5.32 Å². The maximum absolute atomic E-state index is 13.1. The fourth-order valence-electron chi connectivity index (χ4n) is 1.77. The summed E-state index contributed by atoms with van der Waals surface area (Å²) in [6.07, 6.45) is 0.582. The number of benzene rings is 1. The van der Waals surface area contributed by atoms with Gasteiger partial charge in [0, 0.05) is 25.0 Å². The summed E-state index contributed by atoms with van der Waals surface area (Å²) in [5, 5.41) is 2.35. The molecule has 0 aliphatic carbocycles. The number of hydrogen-bond acceptors (Lipinski definition) is 3. The Morgan fingerprint density at radius 3 is 2.55 bits per heavy atom. The Labute approximate surface area is 125 Å². The molecule has 0 aliphatic heterocycles. The zero-order valence-electron chi connectivity index (χ0n) is 12.0. The molecule has 0 spiro atoms. The largest absolute Gasteiger partial charge is 0.448 e. The molecule has 1 atom stereocenters. The SMILES string of the molecule is C[C@H](OC(=O)c1cccn1C)C(=O)Nc1ccc(F)c(F)c1. The Balaban J connectivity index is 1.98. The second-order valence-corrected chi connectivity index (χ2v) is 4.67. The van der Waals surface area contributed by atoms with Crippen molar-refractivity contribution in [3.05, 3.63) is 53.9 Å². The van der Waals surface area contributed by atoms with Crippen molar-refractivity contribution in [2.75, 3.05) is 5.32 Å². The molecule has 0 unspecified atom stereocenters. The molecule has 1 N–H and O–H groups in total. The molecule has 0 fully saturated rings. The fraction of sp³-hybridized carbons (Fsp3) is 0.200. The highest BCUT2D eigenvalue weighted by Crippen LogP contribution is 2.14. The van der Waals surface area contributed by atoms with E-state index in [1.165, 1.54) is 13.0 Å². The number of halogens is 2. The number of anilines is 1. The number of hydrogen-bond donors (Lipinski definition) is 1.